The number of amides is 2. The van der Waals surface area contributed by atoms with Crippen molar-refractivity contribution < 1.29 is 23.5 Å². The summed E-state index contributed by atoms with van der Waals surface area (Å²) in [6.45, 7) is 3.46. The first kappa shape index (κ1) is 22.0. The predicted octanol–water partition coefficient (Wildman–Crippen LogP) is 4.08. The number of benzene rings is 1. The Balaban J connectivity index is 1.48. The Morgan fingerprint density at radius 2 is 1.88 bits per heavy atom. The lowest BCUT2D eigenvalue weighted by atomic mass is 10.1. The van der Waals surface area contributed by atoms with Crippen molar-refractivity contribution in [1.82, 2.24) is 9.80 Å². The average molecular weight is 455 g/mol. The molecule has 0 aliphatic carbocycles. The van der Waals surface area contributed by atoms with Crippen LogP contribution < -0.4 is 9.47 Å². The molecular weight excluding hydrogens is 428 g/mol. The van der Waals surface area contributed by atoms with Crippen LogP contribution in [0, 0.1) is 0 Å². The van der Waals surface area contributed by atoms with Crippen molar-refractivity contribution in [2.75, 3.05) is 19.9 Å². The van der Waals surface area contributed by atoms with Gasteiger partial charge < -0.3 is 23.7 Å². The zero-order valence-corrected chi connectivity index (χ0v) is 18.8. The second-order valence-corrected chi connectivity index (χ2v) is 8.62. The maximum absolute atomic E-state index is 13.3. The quantitative estimate of drug-likeness (QED) is 0.462. The fourth-order valence-electron chi connectivity index (χ4n) is 3.58. The summed E-state index contributed by atoms with van der Waals surface area (Å²) in [5.74, 6) is 1.89. The van der Waals surface area contributed by atoms with E-state index >= 15 is 0 Å². The fourth-order valence-corrected chi connectivity index (χ4v) is 4.28. The Morgan fingerprint density at radius 3 is 2.62 bits per heavy atom. The van der Waals surface area contributed by atoms with Crippen LogP contribution in [0.2, 0.25) is 0 Å². The minimum absolute atomic E-state index is 0.0311. The highest BCUT2D eigenvalue weighted by atomic mass is 32.1. The summed E-state index contributed by atoms with van der Waals surface area (Å²) >= 11 is 1.55. The van der Waals surface area contributed by atoms with E-state index in [-0.39, 0.29) is 25.2 Å². The van der Waals surface area contributed by atoms with Crippen LogP contribution in [0.1, 0.15) is 29.5 Å². The molecule has 7 nitrogen and oxygen atoms in total. The molecule has 32 heavy (non-hydrogen) atoms. The summed E-state index contributed by atoms with van der Waals surface area (Å²) in [4.78, 5) is 30.6. The van der Waals surface area contributed by atoms with Gasteiger partial charge in [-0.2, -0.15) is 0 Å². The van der Waals surface area contributed by atoms with Crippen LogP contribution >= 0.6 is 11.3 Å². The van der Waals surface area contributed by atoms with E-state index in [1.54, 1.807) is 33.5 Å². The smallest absolute Gasteiger partial charge is 0.242 e. The Bertz CT molecular complexity index is 1030. The molecule has 0 spiro atoms. The first-order valence-electron chi connectivity index (χ1n) is 10.6. The third-order valence-electron chi connectivity index (χ3n) is 5.17. The molecule has 0 saturated carbocycles. The number of fused-ring (bicyclic) bond motifs is 1. The molecule has 2 amide bonds. The van der Waals surface area contributed by atoms with Crippen molar-refractivity contribution in [3.63, 3.8) is 0 Å². The Morgan fingerprint density at radius 1 is 1.00 bits per heavy atom. The third kappa shape index (κ3) is 5.50. The Kier molecular flexibility index (Phi) is 7.11. The van der Waals surface area contributed by atoms with E-state index in [0.29, 0.717) is 43.3 Å². The van der Waals surface area contributed by atoms with Crippen LogP contribution in [0.5, 0.6) is 11.5 Å². The van der Waals surface area contributed by atoms with E-state index in [4.69, 9.17) is 13.9 Å². The minimum atomic E-state index is -0.132. The maximum atomic E-state index is 13.3. The standard InChI is InChI=1S/C24H26N2O5S/c1-2-9-25(23(27)13-20-6-4-11-32-20)16-24(28)26(15-19-5-3-10-29-19)14-18-7-8-21-22(12-18)31-17-30-21/h3-8,10-12H,2,9,13-17H2,1H3. The first-order valence-corrected chi connectivity index (χ1v) is 11.5. The highest BCUT2D eigenvalue weighted by Gasteiger charge is 2.23. The van der Waals surface area contributed by atoms with Gasteiger partial charge in [0, 0.05) is 18.0 Å². The molecule has 1 aromatic carbocycles. The molecule has 1 aliphatic heterocycles. The van der Waals surface area contributed by atoms with Crippen LogP contribution in [-0.4, -0.2) is 41.5 Å². The summed E-state index contributed by atoms with van der Waals surface area (Å²) in [6.07, 6.45) is 2.68. The molecule has 0 unspecified atom stereocenters. The normalized spacial score (nSPS) is 12.0. The zero-order chi connectivity index (χ0) is 22.3. The van der Waals surface area contributed by atoms with Gasteiger partial charge in [0.15, 0.2) is 11.5 Å². The molecule has 3 heterocycles. The predicted molar refractivity (Wildman–Crippen MR) is 120 cm³/mol. The van der Waals surface area contributed by atoms with Crippen molar-refractivity contribution >= 4 is 23.2 Å². The number of nitrogens with zero attached hydrogens (tertiary/aromatic N) is 2. The number of hydrogen-bond donors (Lipinski definition) is 0. The lowest BCUT2D eigenvalue weighted by Crippen LogP contribution is -2.43. The van der Waals surface area contributed by atoms with Gasteiger partial charge >= 0.3 is 0 Å². The molecule has 168 valence electrons. The molecule has 3 aromatic rings. The molecule has 8 heteroatoms. The number of thiophene rings is 1. The molecule has 2 aromatic heterocycles. The monoisotopic (exact) mass is 454 g/mol. The van der Waals surface area contributed by atoms with Gasteiger partial charge in [-0.25, -0.2) is 0 Å². The van der Waals surface area contributed by atoms with Crippen molar-refractivity contribution in [2.24, 2.45) is 0 Å². The molecule has 0 radical (unpaired) electrons. The van der Waals surface area contributed by atoms with Crippen LogP contribution in [-0.2, 0) is 29.1 Å². The second kappa shape index (κ2) is 10.4. The molecule has 0 N–H and O–H groups in total. The van der Waals surface area contributed by atoms with E-state index in [0.717, 1.165) is 16.9 Å². The van der Waals surface area contributed by atoms with Gasteiger partial charge in [0.1, 0.15) is 5.76 Å². The van der Waals surface area contributed by atoms with E-state index in [1.165, 1.54) is 0 Å². The van der Waals surface area contributed by atoms with Crippen molar-refractivity contribution in [3.8, 4) is 11.5 Å². The zero-order valence-electron chi connectivity index (χ0n) is 18.0. The molecule has 0 fully saturated rings. The van der Waals surface area contributed by atoms with Crippen LogP contribution in [0.4, 0.5) is 0 Å². The van der Waals surface area contributed by atoms with Gasteiger partial charge in [-0.15, -0.1) is 11.3 Å². The second-order valence-electron chi connectivity index (χ2n) is 7.59. The number of rotatable bonds is 10. The van der Waals surface area contributed by atoms with E-state index in [2.05, 4.69) is 0 Å². The number of carbonyl (C=O) groups is 2. The third-order valence-corrected chi connectivity index (χ3v) is 6.04. The highest BCUT2D eigenvalue weighted by molar-refractivity contribution is 7.10. The summed E-state index contributed by atoms with van der Waals surface area (Å²) in [6, 6.07) is 13.2. The number of furan rings is 1. The topological polar surface area (TPSA) is 72.2 Å². The molecular formula is C24H26N2O5S. The average Bonchev–Trinajstić information content (AvgIpc) is 3.55. The number of ether oxygens (including phenoxy) is 2. The van der Waals surface area contributed by atoms with Crippen LogP contribution in [0.25, 0.3) is 0 Å². The van der Waals surface area contributed by atoms with Gasteiger partial charge in [-0.3, -0.25) is 9.59 Å². The van der Waals surface area contributed by atoms with Crippen molar-refractivity contribution in [3.05, 3.63) is 70.3 Å². The molecule has 1 aliphatic rings. The SMILES string of the molecule is CCCN(CC(=O)N(Cc1ccc2c(c1)OCO2)Cc1ccco1)C(=O)Cc1cccs1. The van der Waals surface area contributed by atoms with E-state index in [9.17, 15) is 9.59 Å². The van der Waals surface area contributed by atoms with E-state index in [1.807, 2.05) is 48.7 Å². The summed E-state index contributed by atoms with van der Waals surface area (Å²) in [5.41, 5.74) is 0.918. The van der Waals surface area contributed by atoms with Gasteiger partial charge in [0.2, 0.25) is 18.6 Å². The number of hydrogen-bond acceptors (Lipinski definition) is 6. The summed E-state index contributed by atoms with van der Waals surface area (Å²) < 4.78 is 16.3. The molecule has 0 atom stereocenters. The molecule has 0 saturated heterocycles. The number of carbonyl (C=O) groups excluding carboxylic acids is 2. The largest absolute Gasteiger partial charge is 0.467 e. The lowest BCUT2D eigenvalue weighted by molar-refractivity contribution is -0.141. The summed E-state index contributed by atoms with van der Waals surface area (Å²) in [7, 11) is 0. The van der Waals surface area contributed by atoms with Crippen molar-refractivity contribution in [1.29, 1.82) is 0 Å². The fraction of sp³-hybridized carbons (Fsp3) is 0.333. The van der Waals surface area contributed by atoms with Gasteiger partial charge in [-0.1, -0.05) is 19.1 Å². The molecule has 0 bridgehead atoms. The Hall–Kier alpha value is -3.26. The minimum Gasteiger partial charge on any atom is -0.467 e. The van der Waals surface area contributed by atoms with E-state index < -0.39 is 0 Å². The summed E-state index contributed by atoms with van der Waals surface area (Å²) in [5, 5.41) is 1.95. The lowest BCUT2D eigenvalue weighted by Gasteiger charge is -2.27. The molecule has 4 rings (SSSR count). The van der Waals surface area contributed by atoms with Crippen LogP contribution in [0.3, 0.4) is 0 Å². The maximum Gasteiger partial charge on any atom is 0.242 e. The highest BCUT2D eigenvalue weighted by Crippen LogP contribution is 2.33. The Labute approximate surface area is 191 Å². The first-order chi connectivity index (χ1) is 15.6. The van der Waals surface area contributed by atoms with Gasteiger partial charge in [0.05, 0.1) is 25.8 Å². The van der Waals surface area contributed by atoms with Gasteiger partial charge in [-0.05, 0) is 47.7 Å². The van der Waals surface area contributed by atoms with Crippen molar-refractivity contribution in [2.45, 2.75) is 32.9 Å². The van der Waals surface area contributed by atoms with Crippen LogP contribution in [0.15, 0.2) is 58.5 Å². The van der Waals surface area contributed by atoms with Gasteiger partial charge in [0.25, 0.3) is 0 Å².